The monoisotopic (exact) mass is 295 g/mol. The predicted molar refractivity (Wildman–Crippen MR) is 75.7 cm³/mol. The number of rotatable bonds is 6. The van der Waals surface area contributed by atoms with Crippen LogP contribution >= 0.6 is 0 Å². The maximum absolute atomic E-state index is 12.2. The molecule has 0 radical (unpaired) electrons. The standard InChI is InChI=1S/C12H17N5O2S/c1-10-3-4-11(7-14-10)16-20(18,19)12-8-15-17(9-12)6-2-5-13/h3-4,7-9,16H,2,5-6,13H2,1H3. The molecular formula is C12H17N5O2S. The number of aromatic nitrogens is 3. The summed E-state index contributed by atoms with van der Waals surface area (Å²) >= 11 is 0. The van der Waals surface area contributed by atoms with Gasteiger partial charge in [-0.15, -0.1) is 0 Å². The molecule has 0 saturated carbocycles. The van der Waals surface area contributed by atoms with Crippen LogP contribution in [-0.2, 0) is 16.6 Å². The molecule has 2 aromatic rings. The molecule has 0 amide bonds. The molecule has 2 rings (SSSR count). The van der Waals surface area contributed by atoms with Gasteiger partial charge in [0.2, 0.25) is 0 Å². The second-order valence-electron chi connectivity index (χ2n) is 4.38. The quantitative estimate of drug-likeness (QED) is 0.818. The Balaban J connectivity index is 2.13. The first-order valence-corrected chi connectivity index (χ1v) is 7.67. The molecule has 0 bridgehead atoms. The number of aryl methyl sites for hydroxylation is 2. The molecule has 7 nitrogen and oxygen atoms in total. The Bertz CT molecular complexity index is 663. The summed E-state index contributed by atoms with van der Waals surface area (Å²) in [7, 11) is -3.63. The number of hydrogen-bond acceptors (Lipinski definition) is 5. The van der Waals surface area contributed by atoms with Gasteiger partial charge in [0.1, 0.15) is 4.90 Å². The van der Waals surface area contributed by atoms with Crippen LogP contribution in [0.15, 0.2) is 35.6 Å². The van der Waals surface area contributed by atoms with Crippen LogP contribution in [0.25, 0.3) is 0 Å². The fraction of sp³-hybridized carbons (Fsp3) is 0.333. The Labute approximate surface area is 117 Å². The van der Waals surface area contributed by atoms with Crippen LogP contribution in [0.1, 0.15) is 12.1 Å². The largest absolute Gasteiger partial charge is 0.330 e. The number of hydrogen-bond donors (Lipinski definition) is 2. The first kappa shape index (κ1) is 14.5. The smallest absolute Gasteiger partial charge is 0.265 e. The Hall–Kier alpha value is -1.93. The molecule has 0 aliphatic carbocycles. The van der Waals surface area contributed by atoms with Gasteiger partial charge < -0.3 is 5.73 Å². The molecule has 0 spiro atoms. The van der Waals surface area contributed by atoms with E-state index in [1.165, 1.54) is 18.6 Å². The van der Waals surface area contributed by atoms with Crippen molar-refractivity contribution < 1.29 is 8.42 Å². The topological polar surface area (TPSA) is 103 Å². The molecule has 108 valence electrons. The van der Waals surface area contributed by atoms with E-state index in [4.69, 9.17) is 5.73 Å². The highest BCUT2D eigenvalue weighted by Gasteiger charge is 2.16. The lowest BCUT2D eigenvalue weighted by Gasteiger charge is -2.05. The van der Waals surface area contributed by atoms with E-state index >= 15 is 0 Å². The van der Waals surface area contributed by atoms with Gasteiger partial charge in [0.15, 0.2) is 0 Å². The van der Waals surface area contributed by atoms with Crippen molar-refractivity contribution in [2.24, 2.45) is 5.73 Å². The molecule has 20 heavy (non-hydrogen) atoms. The average molecular weight is 295 g/mol. The molecule has 0 atom stereocenters. The maximum Gasteiger partial charge on any atom is 0.265 e. The molecule has 0 aliphatic heterocycles. The average Bonchev–Trinajstić information content (AvgIpc) is 2.88. The van der Waals surface area contributed by atoms with E-state index in [-0.39, 0.29) is 4.90 Å². The van der Waals surface area contributed by atoms with Gasteiger partial charge in [-0.3, -0.25) is 14.4 Å². The normalized spacial score (nSPS) is 11.5. The van der Waals surface area contributed by atoms with Gasteiger partial charge in [0.05, 0.1) is 18.1 Å². The highest BCUT2D eigenvalue weighted by Crippen LogP contribution is 2.14. The lowest BCUT2D eigenvalue weighted by molar-refractivity contribution is 0.582. The number of anilines is 1. The minimum atomic E-state index is -3.63. The molecule has 0 saturated heterocycles. The molecule has 3 N–H and O–H groups in total. The van der Waals surface area contributed by atoms with Crippen molar-refractivity contribution in [1.82, 2.24) is 14.8 Å². The Morgan fingerprint density at radius 2 is 2.15 bits per heavy atom. The second kappa shape index (κ2) is 6.02. The summed E-state index contributed by atoms with van der Waals surface area (Å²) in [4.78, 5) is 4.16. The molecule has 2 aromatic heterocycles. The second-order valence-corrected chi connectivity index (χ2v) is 6.06. The van der Waals surface area contributed by atoms with Gasteiger partial charge in [-0.25, -0.2) is 8.42 Å². The molecule has 2 heterocycles. The molecule has 0 unspecified atom stereocenters. The van der Waals surface area contributed by atoms with Crippen molar-refractivity contribution >= 4 is 15.7 Å². The van der Waals surface area contributed by atoms with Gasteiger partial charge in [0.25, 0.3) is 10.0 Å². The van der Waals surface area contributed by atoms with Crippen LogP contribution in [0, 0.1) is 6.92 Å². The summed E-state index contributed by atoms with van der Waals surface area (Å²) in [6, 6.07) is 3.40. The highest BCUT2D eigenvalue weighted by atomic mass is 32.2. The van der Waals surface area contributed by atoms with Crippen LogP contribution in [0.5, 0.6) is 0 Å². The van der Waals surface area contributed by atoms with E-state index in [0.717, 1.165) is 12.1 Å². The van der Waals surface area contributed by atoms with E-state index in [0.29, 0.717) is 18.8 Å². The minimum Gasteiger partial charge on any atom is -0.330 e. The van der Waals surface area contributed by atoms with Crippen LogP contribution in [0.2, 0.25) is 0 Å². The van der Waals surface area contributed by atoms with Crippen molar-refractivity contribution in [1.29, 1.82) is 0 Å². The summed E-state index contributed by atoms with van der Waals surface area (Å²) in [5.74, 6) is 0. The number of nitrogens with zero attached hydrogens (tertiary/aromatic N) is 3. The van der Waals surface area contributed by atoms with Crippen LogP contribution in [0.4, 0.5) is 5.69 Å². The highest BCUT2D eigenvalue weighted by molar-refractivity contribution is 7.92. The first-order valence-electron chi connectivity index (χ1n) is 6.19. The van der Waals surface area contributed by atoms with Crippen molar-refractivity contribution in [2.45, 2.75) is 24.8 Å². The van der Waals surface area contributed by atoms with E-state index in [1.807, 2.05) is 6.92 Å². The molecule has 0 aliphatic rings. The summed E-state index contributed by atoms with van der Waals surface area (Å²) in [6.07, 6.45) is 5.03. The van der Waals surface area contributed by atoms with Gasteiger partial charge in [-0.1, -0.05) is 0 Å². The zero-order valence-corrected chi connectivity index (χ0v) is 12.0. The molecule has 0 fully saturated rings. The third-order valence-corrected chi connectivity index (χ3v) is 4.01. The lowest BCUT2D eigenvalue weighted by atomic mass is 10.4. The van der Waals surface area contributed by atoms with E-state index in [1.54, 1.807) is 16.8 Å². The Morgan fingerprint density at radius 1 is 1.35 bits per heavy atom. The third kappa shape index (κ3) is 3.55. The molecule has 8 heteroatoms. The van der Waals surface area contributed by atoms with Crippen LogP contribution in [-0.4, -0.2) is 29.7 Å². The van der Waals surface area contributed by atoms with Gasteiger partial charge >= 0.3 is 0 Å². The lowest BCUT2D eigenvalue weighted by Crippen LogP contribution is -2.12. The fourth-order valence-corrected chi connectivity index (χ4v) is 2.60. The predicted octanol–water partition coefficient (Wildman–Crippen LogP) is 0.736. The fourth-order valence-electron chi connectivity index (χ4n) is 1.60. The van der Waals surface area contributed by atoms with Gasteiger partial charge in [-0.05, 0) is 32.0 Å². The summed E-state index contributed by atoms with van der Waals surface area (Å²) < 4.78 is 28.3. The molecule has 0 aromatic carbocycles. The van der Waals surface area contributed by atoms with Crippen molar-refractivity contribution in [2.75, 3.05) is 11.3 Å². The zero-order chi connectivity index (χ0) is 14.6. The van der Waals surface area contributed by atoms with E-state index < -0.39 is 10.0 Å². The summed E-state index contributed by atoms with van der Waals surface area (Å²) in [5.41, 5.74) is 6.65. The third-order valence-electron chi connectivity index (χ3n) is 2.67. The zero-order valence-electron chi connectivity index (χ0n) is 11.2. The van der Waals surface area contributed by atoms with Crippen molar-refractivity contribution in [3.63, 3.8) is 0 Å². The molecular weight excluding hydrogens is 278 g/mol. The number of pyridine rings is 1. The van der Waals surface area contributed by atoms with Crippen molar-refractivity contribution in [3.8, 4) is 0 Å². The Morgan fingerprint density at radius 3 is 2.80 bits per heavy atom. The number of nitrogens with one attached hydrogen (secondary N) is 1. The van der Waals surface area contributed by atoms with Gasteiger partial charge in [-0.2, -0.15) is 5.10 Å². The summed E-state index contributed by atoms with van der Waals surface area (Å²) in [6.45, 7) is 2.97. The number of nitrogens with two attached hydrogens (primary N) is 1. The minimum absolute atomic E-state index is 0.120. The van der Waals surface area contributed by atoms with E-state index in [2.05, 4.69) is 14.8 Å². The number of sulfonamides is 1. The van der Waals surface area contributed by atoms with Gasteiger partial charge in [0, 0.05) is 18.4 Å². The van der Waals surface area contributed by atoms with E-state index in [9.17, 15) is 8.42 Å². The summed E-state index contributed by atoms with van der Waals surface area (Å²) in [5, 5.41) is 4.00. The van der Waals surface area contributed by atoms with Crippen LogP contribution in [0.3, 0.4) is 0 Å². The Kier molecular flexibility index (Phi) is 4.35. The van der Waals surface area contributed by atoms with Crippen LogP contribution < -0.4 is 10.5 Å². The van der Waals surface area contributed by atoms with Crippen molar-refractivity contribution in [3.05, 3.63) is 36.4 Å². The first-order chi connectivity index (χ1) is 9.51. The SMILES string of the molecule is Cc1ccc(NS(=O)(=O)c2cnn(CCCN)c2)cn1. The maximum atomic E-state index is 12.2.